The van der Waals surface area contributed by atoms with Crippen LogP contribution in [0, 0.1) is 11.6 Å². The third kappa shape index (κ3) is 2.39. The summed E-state index contributed by atoms with van der Waals surface area (Å²) in [7, 11) is -3.80. The first-order valence-electron chi connectivity index (χ1n) is 5.43. The molecule has 0 amide bonds. The number of rotatable bonds is 3. The van der Waals surface area contributed by atoms with Gasteiger partial charge in [0.15, 0.2) is 5.82 Å². The molecular weight excluding hydrogens is 264 g/mol. The Morgan fingerprint density at radius 1 is 1.22 bits per heavy atom. The monoisotopic (exact) mass is 277 g/mol. The first-order chi connectivity index (χ1) is 8.42. The standard InChI is InChI=1S/C10H13F2N3O2S/c11-7-3-4-8(9(12)10(7)13)14-18(16,17)15-5-1-2-6-15/h3-4,14H,1-2,5-6,13H2. The number of anilines is 2. The van der Waals surface area contributed by atoms with Crippen molar-refractivity contribution >= 4 is 21.6 Å². The SMILES string of the molecule is Nc1c(F)ccc(NS(=O)(=O)N2CCCC2)c1F. The highest BCUT2D eigenvalue weighted by molar-refractivity contribution is 7.90. The average Bonchev–Trinajstić information content (AvgIpc) is 2.84. The zero-order chi connectivity index (χ0) is 13.3. The van der Waals surface area contributed by atoms with Gasteiger partial charge >= 0.3 is 10.2 Å². The van der Waals surface area contributed by atoms with Crippen LogP contribution in [0.2, 0.25) is 0 Å². The minimum Gasteiger partial charge on any atom is -0.394 e. The van der Waals surface area contributed by atoms with Gasteiger partial charge in [0, 0.05) is 13.1 Å². The minimum absolute atomic E-state index is 0.346. The van der Waals surface area contributed by atoms with E-state index in [1.54, 1.807) is 0 Å². The summed E-state index contributed by atoms with van der Waals surface area (Å²) < 4.78 is 53.5. The van der Waals surface area contributed by atoms with Gasteiger partial charge < -0.3 is 5.73 Å². The van der Waals surface area contributed by atoms with Gasteiger partial charge in [-0.1, -0.05) is 0 Å². The maximum absolute atomic E-state index is 13.6. The van der Waals surface area contributed by atoms with Crippen molar-refractivity contribution < 1.29 is 17.2 Å². The summed E-state index contributed by atoms with van der Waals surface area (Å²) in [5.74, 6) is -2.02. The fraction of sp³-hybridized carbons (Fsp3) is 0.400. The molecule has 1 aliphatic rings. The fourth-order valence-corrected chi connectivity index (χ4v) is 3.08. The molecule has 18 heavy (non-hydrogen) atoms. The van der Waals surface area contributed by atoms with Gasteiger partial charge in [-0.25, -0.2) is 8.78 Å². The number of halogens is 2. The molecule has 1 aromatic rings. The van der Waals surface area contributed by atoms with Crippen molar-refractivity contribution in [3.05, 3.63) is 23.8 Å². The Morgan fingerprint density at radius 3 is 2.44 bits per heavy atom. The molecule has 1 fully saturated rings. The van der Waals surface area contributed by atoms with E-state index < -0.39 is 27.5 Å². The predicted octanol–water partition coefficient (Wildman–Crippen LogP) is 1.30. The Labute approximate surface area is 104 Å². The Morgan fingerprint density at radius 2 is 1.83 bits per heavy atom. The van der Waals surface area contributed by atoms with Crippen molar-refractivity contribution in [2.24, 2.45) is 0 Å². The van der Waals surface area contributed by atoms with E-state index in [0.29, 0.717) is 13.1 Å². The second-order valence-corrected chi connectivity index (χ2v) is 5.71. The van der Waals surface area contributed by atoms with E-state index in [4.69, 9.17) is 5.73 Å². The van der Waals surface area contributed by atoms with Gasteiger partial charge in [0.25, 0.3) is 0 Å². The number of nitrogens with zero attached hydrogens (tertiary/aromatic N) is 1. The van der Waals surface area contributed by atoms with Crippen molar-refractivity contribution in [1.29, 1.82) is 0 Å². The summed E-state index contributed by atoms with van der Waals surface area (Å²) >= 11 is 0. The molecule has 0 spiro atoms. The molecular formula is C10H13F2N3O2S. The fourth-order valence-electron chi connectivity index (χ4n) is 1.78. The van der Waals surface area contributed by atoms with Crippen LogP contribution in [0.4, 0.5) is 20.2 Å². The molecule has 5 nitrogen and oxygen atoms in total. The average molecular weight is 277 g/mol. The summed E-state index contributed by atoms with van der Waals surface area (Å²) in [5, 5.41) is 0. The lowest BCUT2D eigenvalue weighted by Gasteiger charge is -2.17. The van der Waals surface area contributed by atoms with E-state index in [1.165, 1.54) is 4.31 Å². The molecule has 1 saturated heterocycles. The van der Waals surface area contributed by atoms with E-state index >= 15 is 0 Å². The van der Waals surface area contributed by atoms with Crippen molar-refractivity contribution in [1.82, 2.24) is 4.31 Å². The second kappa shape index (κ2) is 4.69. The Balaban J connectivity index is 2.26. The van der Waals surface area contributed by atoms with Crippen LogP contribution in [-0.2, 0) is 10.2 Å². The first kappa shape index (κ1) is 13.0. The lowest BCUT2D eigenvalue weighted by Crippen LogP contribution is -2.33. The highest BCUT2D eigenvalue weighted by Crippen LogP contribution is 2.25. The quantitative estimate of drug-likeness (QED) is 0.818. The minimum atomic E-state index is -3.80. The molecule has 0 radical (unpaired) electrons. The maximum Gasteiger partial charge on any atom is 0.301 e. The molecule has 100 valence electrons. The lowest BCUT2D eigenvalue weighted by molar-refractivity contribution is 0.482. The zero-order valence-corrected chi connectivity index (χ0v) is 10.3. The topological polar surface area (TPSA) is 75.4 Å². The van der Waals surface area contributed by atoms with Gasteiger partial charge in [-0.15, -0.1) is 0 Å². The first-order valence-corrected chi connectivity index (χ1v) is 6.87. The van der Waals surface area contributed by atoms with Crippen LogP contribution in [0.1, 0.15) is 12.8 Å². The van der Waals surface area contributed by atoms with Gasteiger partial charge in [-0.3, -0.25) is 4.72 Å². The van der Waals surface area contributed by atoms with Gasteiger partial charge in [0.05, 0.1) is 5.69 Å². The van der Waals surface area contributed by atoms with Gasteiger partial charge in [-0.2, -0.15) is 12.7 Å². The van der Waals surface area contributed by atoms with Crippen LogP contribution in [0.5, 0.6) is 0 Å². The summed E-state index contributed by atoms with van der Waals surface area (Å²) in [6, 6.07) is 1.93. The largest absolute Gasteiger partial charge is 0.394 e. The number of hydrogen-bond acceptors (Lipinski definition) is 3. The number of nitrogen functional groups attached to an aromatic ring is 1. The molecule has 1 aromatic carbocycles. The summed E-state index contributed by atoms with van der Waals surface area (Å²) in [5.41, 5.74) is 4.11. The van der Waals surface area contributed by atoms with Crippen LogP contribution < -0.4 is 10.5 Å². The van der Waals surface area contributed by atoms with Crippen molar-refractivity contribution in [2.45, 2.75) is 12.8 Å². The molecule has 0 aromatic heterocycles. The molecule has 8 heteroatoms. The smallest absolute Gasteiger partial charge is 0.301 e. The lowest BCUT2D eigenvalue weighted by atomic mass is 10.2. The number of nitrogens with one attached hydrogen (secondary N) is 1. The summed E-state index contributed by atoms with van der Waals surface area (Å²) in [6.07, 6.45) is 1.55. The molecule has 3 N–H and O–H groups in total. The second-order valence-electron chi connectivity index (χ2n) is 4.04. The number of hydrogen-bond donors (Lipinski definition) is 2. The molecule has 0 unspecified atom stereocenters. The molecule has 2 rings (SSSR count). The third-order valence-electron chi connectivity index (χ3n) is 2.77. The summed E-state index contributed by atoms with van der Waals surface area (Å²) in [6.45, 7) is 0.793. The van der Waals surface area contributed by atoms with Crippen LogP contribution in [0.25, 0.3) is 0 Å². The van der Waals surface area contributed by atoms with Gasteiger partial charge in [-0.05, 0) is 25.0 Å². The van der Waals surface area contributed by atoms with Crippen LogP contribution >= 0.6 is 0 Å². The van der Waals surface area contributed by atoms with Crippen LogP contribution in [0.15, 0.2) is 12.1 Å². The molecule has 1 heterocycles. The van der Waals surface area contributed by atoms with Crippen LogP contribution in [-0.4, -0.2) is 25.8 Å². The number of nitrogens with two attached hydrogens (primary N) is 1. The van der Waals surface area contributed by atoms with Crippen molar-refractivity contribution in [2.75, 3.05) is 23.5 Å². The normalized spacial score (nSPS) is 17.0. The van der Waals surface area contributed by atoms with E-state index in [0.717, 1.165) is 25.0 Å². The molecule has 0 bridgehead atoms. The van der Waals surface area contributed by atoms with Gasteiger partial charge in [0.1, 0.15) is 11.5 Å². The summed E-state index contributed by atoms with van der Waals surface area (Å²) in [4.78, 5) is 0. The number of benzene rings is 1. The van der Waals surface area contributed by atoms with E-state index in [9.17, 15) is 17.2 Å². The Hall–Kier alpha value is -1.41. The van der Waals surface area contributed by atoms with Gasteiger partial charge in [0.2, 0.25) is 0 Å². The zero-order valence-electron chi connectivity index (χ0n) is 9.49. The third-order valence-corrected chi connectivity index (χ3v) is 4.29. The highest BCUT2D eigenvalue weighted by atomic mass is 32.2. The van der Waals surface area contributed by atoms with E-state index in [-0.39, 0.29) is 5.69 Å². The Kier molecular flexibility index (Phi) is 3.40. The maximum atomic E-state index is 13.6. The van der Waals surface area contributed by atoms with E-state index in [1.807, 2.05) is 0 Å². The molecule has 1 aliphatic heterocycles. The van der Waals surface area contributed by atoms with E-state index in [2.05, 4.69) is 4.72 Å². The molecule has 0 aliphatic carbocycles. The highest BCUT2D eigenvalue weighted by Gasteiger charge is 2.26. The van der Waals surface area contributed by atoms with Crippen molar-refractivity contribution in [3.8, 4) is 0 Å². The van der Waals surface area contributed by atoms with Crippen molar-refractivity contribution in [3.63, 3.8) is 0 Å². The van der Waals surface area contributed by atoms with Crippen LogP contribution in [0.3, 0.4) is 0 Å². The Bertz CT molecular complexity index is 556. The molecule has 0 saturated carbocycles. The molecule has 0 atom stereocenters. The predicted molar refractivity (Wildman–Crippen MR) is 64.1 cm³/mol.